The summed E-state index contributed by atoms with van der Waals surface area (Å²) in [6.45, 7) is 2.54. The molecule has 0 N–H and O–H groups in total. The average Bonchev–Trinajstić information content (AvgIpc) is 2.98. The van der Waals surface area contributed by atoms with E-state index in [1.165, 1.54) is 0 Å². The van der Waals surface area contributed by atoms with Crippen molar-refractivity contribution in [3.8, 4) is 11.3 Å². The lowest BCUT2D eigenvalue weighted by Gasteiger charge is -2.07. The minimum Gasteiger partial charge on any atom is -0.437 e. The summed E-state index contributed by atoms with van der Waals surface area (Å²) in [6.07, 6.45) is 1.71. The molecule has 4 aromatic rings. The van der Waals surface area contributed by atoms with Crippen LogP contribution in [0.3, 0.4) is 0 Å². The average molecular weight is 305 g/mol. The summed E-state index contributed by atoms with van der Waals surface area (Å²) in [7, 11) is 0. The highest BCUT2D eigenvalue weighted by atomic mass is 16.3. The van der Waals surface area contributed by atoms with Crippen LogP contribution in [0.25, 0.3) is 33.3 Å². The largest absolute Gasteiger partial charge is 0.437 e. The van der Waals surface area contributed by atoms with E-state index >= 15 is 0 Å². The van der Waals surface area contributed by atoms with Gasteiger partial charge in [-0.2, -0.15) is 0 Å². The van der Waals surface area contributed by atoms with Crippen molar-refractivity contribution in [1.82, 2.24) is 9.97 Å². The molecule has 0 unspecified atom stereocenters. The number of aryl methyl sites for hydroxylation is 1. The van der Waals surface area contributed by atoms with Gasteiger partial charge in [0, 0.05) is 32.3 Å². The van der Waals surface area contributed by atoms with Crippen molar-refractivity contribution in [2.45, 2.75) is 26.6 Å². The van der Waals surface area contributed by atoms with E-state index in [-0.39, 0.29) is 0 Å². The Bertz CT molecular complexity index is 1110. The van der Waals surface area contributed by atoms with Crippen molar-refractivity contribution in [3.63, 3.8) is 0 Å². The van der Waals surface area contributed by atoms with Gasteiger partial charge in [0.25, 0.3) is 0 Å². The second kappa shape index (κ2) is 5.20. The predicted octanol–water partition coefficient (Wildman–Crippen LogP) is 5.47. The molecule has 0 saturated heterocycles. The summed E-state index contributed by atoms with van der Waals surface area (Å²) in [5, 5.41) is 1.77. The monoisotopic (exact) mass is 305 g/mol. The maximum absolute atomic E-state index is 8.25. The minimum absolute atomic E-state index is 0.356. The van der Waals surface area contributed by atoms with Gasteiger partial charge in [0.05, 0.1) is 5.69 Å². The van der Waals surface area contributed by atoms with Crippen molar-refractivity contribution in [1.29, 1.82) is 0 Å². The van der Waals surface area contributed by atoms with Gasteiger partial charge in [-0.25, -0.2) is 4.98 Å². The Balaban J connectivity index is 1.95. The SMILES string of the molecule is [2H]C([2H])c1ccc2c(n1)oc1c(-c3cc(C([2H])(C)C)ccn3)cccc12. The molecule has 0 aliphatic carbocycles. The molecule has 3 nitrogen and oxygen atoms in total. The number of nitrogens with zero attached hydrogens (tertiary/aromatic N) is 2. The topological polar surface area (TPSA) is 38.9 Å². The number of aromatic nitrogens is 2. The standard InChI is InChI=1S/C20H18N2O/c1-12(2)14-9-10-21-18(11-14)17-6-4-5-15-16-8-7-13(3)22-20(16)23-19(15)17/h4-12H,1-3H3/i3D2,12D. The van der Waals surface area contributed by atoms with E-state index in [2.05, 4.69) is 9.97 Å². The first-order chi connectivity index (χ1) is 12.3. The van der Waals surface area contributed by atoms with Crippen molar-refractivity contribution in [3.05, 3.63) is 59.9 Å². The van der Waals surface area contributed by atoms with Crippen LogP contribution in [-0.2, 0) is 0 Å². The molecule has 0 spiro atoms. The third kappa shape index (κ3) is 2.29. The van der Waals surface area contributed by atoms with Crippen molar-refractivity contribution in [2.75, 3.05) is 0 Å². The Kier molecular flexibility index (Phi) is 2.47. The molecule has 0 bridgehead atoms. The first kappa shape index (κ1) is 10.9. The summed E-state index contributed by atoms with van der Waals surface area (Å²) in [5.74, 6) is -0.715. The number of furan rings is 1. The molecule has 0 radical (unpaired) electrons. The molecule has 114 valence electrons. The summed E-state index contributed by atoms with van der Waals surface area (Å²) in [4.78, 5) is 8.78. The number of rotatable bonds is 2. The van der Waals surface area contributed by atoms with Crippen LogP contribution in [0.5, 0.6) is 0 Å². The molecule has 1 aromatic carbocycles. The zero-order chi connectivity index (χ0) is 18.5. The first-order valence-electron chi connectivity index (χ1n) is 9.13. The van der Waals surface area contributed by atoms with Gasteiger partial charge in [0.2, 0.25) is 5.71 Å². The third-order valence-corrected chi connectivity index (χ3v) is 4.00. The predicted molar refractivity (Wildman–Crippen MR) is 93.6 cm³/mol. The lowest BCUT2D eigenvalue weighted by Crippen LogP contribution is -1.90. The van der Waals surface area contributed by atoms with Crippen LogP contribution in [0, 0.1) is 6.88 Å². The quantitative estimate of drug-likeness (QED) is 0.492. The van der Waals surface area contributed by atoms with Crippen LogP contribution >= 0.6 is 0 Å². The van der Waals surface area contributed by atoms with Gasteiger partial charge in [-0.1, -0.05) is 26.0 Å². The number of fused-ring (bicyclic) bond motifs is 3. The smallest absolute Gasteiger partial charge is 0.227 e. The van der Waals surface area contributed by atoms with Crippen LogP contribution in [0.2, 0.25) is 0 Å². The van der Waals surface area contributed by atoms with Gasteiger partial charge in [-0.3, -0.25) is 4.98 Å². The van der Waals surface area contributed by atoms with E-state index in [1.54, 1.807) is 12.3 Å². The fourth-order valence-corrected chi connectivity index (χ4v) is 2.78. The number of pyridine rings is 2. The molecular weight excluding hydrogens is 284 g/mol. The van der Waals surface area contributed by atoms with Crippen molar-refractivity contribution in [2.24, 2.45) is 0 Å². The van der Waals surface area contributed by atoms with E-state index in [9.17, 15) is 0 Å². The van der Waals surface area contributed by atoms with Crippen LogP contribution in [0.1, 0.15) is 35.1 Å². The van der Waals surface area contributed by atoms with Crippen LogP contribution in [-0.4, -0.2) is 9.97 Å². The highest BCUT2D eigenvalue weighted by Crippen LogP contribution is 2.35. The highest BCUT2D eigenvalue weighted by Gasteiger charge is 2.14. The van der Waals surface area contributed by atoms with E-state index < -0.39 is 12.8 Å². The molecule has 0 amide bonds. The van der Waals surface area contributed by atoms with Gasteiger partial charge < -0.3 is 4.42 Å². The molecule has 23 heavy (non-hydrogen) atoms. The van der Waals surface area contributed by atoms with Gasteiger partial charge in [0.1, 0.15) is 5.58 Å². The highest BCUT2D eigenvalue weighted by molar-refractivity contribution is 6.08. The molecule has 0 aliphatic rings. The third-order valence-electron chi connectivity index (χ3n) is 4.00. The molecule has 0 fully saturated rings. The molecule has 3 aromatic heterocycles. The van der Waals surface area contributed by atoms with Crippen molar-refractivity contribution >= 4 is 22.1 Å². The normalized spacial score (nSPS) is 14.1. The molecule has 3 heteroatoms. The lowest BCUT2D eigenvalue weighted by atomic mass is 10.0. The van der Waals surface area contributed by atoms with Crippen LogP contribution in [0.15, 0.2) is 53.1 Å². The molecule has 0 atom stereocenters. The number of hydrogen-bond acceptors (Lipinski definition) is 3. The lowest BCUT2D eigenvalue weighted by molar-refractivity contribution is 0.653. The van der Waals surface area contributed by atoms with Gasteiger partial charge in [0.15, 0.2) is 0 Å². The van der Waals surface area contributed by atoms with Gasteiger partial charge >= 0.3 is 0 Å². The summed E-state index contributed by atoms with van der Waals surface area (Å²) < 4.78 is 29.3. The van der Waals surface area contributed by atoms with E-state index in [1.807, 2.05) is 50.2 Å². The Hall–Kier alpha value is -2.68. The molecule has 3 heterocycles. The zero-order valence-electron chi connectivity index (χ0n) is 16.0. The number of para-hydroxylation sites is 1. The summed E-state index contributed by atoms with van der Waals surface area (Å²) in [5.41, 5.74) is 3.90. The van der Waals surface area contributed by atoms with E-state index in [0.29, 0.717) is 17.0 Å². The second-order valence-electron chi connectivity index (χ2n) is 5.80. The number of benzene rings is 1. The Morgan fingerprint density at radius 1 is 1.13 bits per heavy atom. The maximum Gasteiger partial charge on any atom is 0.227 e. The summed E-state index contributed by atoms with van der Waals surface area (Å²) in [6, 6.07) is 13.1. The van der Waals surface area contributed by atoms with Crippen LogP contribution in [0.4, 0.5) is 0 Å². The Morgan fingerprint density at radius 3 is 2.87 bits per heavy atom. The van der Waals surface area contributed by atoms with Crippen LogP contribution < -0.4 is 0 Å². The van der Waals surface area contributed by atoms with E-state index in [4.69, 9.17) is 8.53 Å². The molecule has 0 aliphatic heterocycles. The Labute approximate surface area is 139 Å². The molecule has 4 rings (SSSR count). The zero-order valence-corrected chi connectivity index (χ0v) is 13.0. The van der Waals surface area contributed by atoms with Gasteiger partial charge in [-0.05, 0) is 48.7 Å². The minimum atomic E-state index is -1.15. The van der Waals surface area contributed by atoms with Gasteiger partial charge in [-0.15, -0.1) is 0 Å². The fourth-order valence-electron chi connectivity index (χ4n) is 2.78. The molecular formula is C20H18N2O. The summed E-state index contributed by atoms with van der Waals surface area (Å²) >= 11 is 0. The fraction of sp³-hybridized carbons (Fsp3) is 0.200. The van der Waals surface area contributed by atoms with Crippen molar-refractivity contribution < 1.29 is 8.53 Å². The first-order valence-corrected chi connectivity index (χ1v) is 7.48. The number of hydrogen-bond donors (Lipinski definition) is 0. The maximum atomic E-state index is 8.25. The van der Waals surface area contributed by atoms with E-state index in [0.717, 1.165) is 27.6 Å². The Morgan fingerprint density at radius 2 is 2.04 bits per heavy atom. The second-order valence-corrected chi connectivity index (χ2v) is 5.80. The molecule has 0 saturated carbocycles.